The second-order valence-corrected chi connectivity index (χ2v) is 6.31. The topological polar surface area (TPSA) is 93.7 Å². The molecule has 0 spiro atoms. The molecule has 0 radical (unpaired) electrons. The van der Waals surface area contributed by atoms with Crippen LogP contribution >= 0.6 is 11.6 Å². The zero-order valence-corrected chi connectivity index (χ0v) is 15.0. The van der Waals surface area contributed by atoms with Crippen LogP contribution in [-0.4, -0.2) is 31.0 Å². The number of carbonyl (C=O) groups is 3. The Hall–Kier alpha value is -3.06. The van der Waals surface area contributed by atoms with Crippen molar-refractivity contribution in [3.63, 3.8) is 0 Å². The number of halogens is 1. The van der Waals surface area contributed by atoms with Crippen LogP contribution in [-0.2, 0) is 25.5 Å². The van der Waals surface area contributed by atoms with E-state index in [4.69, 9.17) is 21.1 Å². The lowest BCUT2D eigenvalue weighted by Gasteiger charge is -2.17. The van der Waals surface area contributed by atoms with Gasteiger partial charge in [-0.3, -0.25) is 9.59 Å². The molecule has 2 amide bonds. The normalized spacial score (nSPS) is 12.6. The third-order valence-electron chi connectivity index (χ3n) is 3.82. The number of aryl methyl sites for hydroxylation is 1. The van der Waals surface area contributed by atoms with Gasteiger partial charge in [-0.15, -0.1) is 0 Å². The summed E-state index contributed by atoms with van der Waals surface area (Å²) in [7, 11) is 0. The summed E-state index contributed by atoms with van der Waals surface area (Å²) >= 11 is 5.77. The highest BCUT2D eigenvalue weighted by molar-refractivity contribution is 6.30. The first-order valence-electron chi connectivity index (χ1n) is 8.26. The Morgan fingerprint density at radius 1 is 1.07 bits per heavy atom. The maximum absolute atomic E-state index is 11.8. The third-order valence-corrected chi connectivity index (χ3v) is 4.07. The summed E-state index contributed by atoms with van der Waals surface area (Å²) in [6.07, 6.45) is 1.04. The summed E-state index contributed by atoms with van der Waals surface area (Å²) in [4.78, 5) is 34.9. The van der Waals surface area contributed by atoms with Crippen molar-refractivity contribution in [2.75, 3.05) is 23.8 Å². The summed E-state index contributed by atoms with van der Waals surface area (Å²) in [6.45, 7) is -0.736. The van der Waals surface area contributed by atoms with Gasteiger partial charge >= 0.3 is 5.97 Å². The minimum absolute atomic E-state index is 0.0170. The van der Waals surface area contributed by atoms with Gasteiger partial charge in [-0.1, -0.05) is 11.6 Å². The zero-order valence-electron chi connectivity index (χ0n) is 14.3. The molecule has 2 aromatic rings. The van der Waals surface area contributed by atoms with Gasteiger partial charge in [0.25, 0.3) is 5.91 Å². The quantitative estimate of drug-likeness (QED) is 0.742. The molecule has 140 valence electrons. The fraction of sp³-hybridized carbons (Fsp3) is 0.211. The van der Waals surface area contributed by atoms with E-state index in [0.29, 0.717) is 29.3 Å². The lowest BCUT2D eigenvalue weighted by atomic mass is 10.0. The van der Waals surface area contributed by atoms with Gasteiger partial charge in [0.2, 0.25) is 5.91 Å². The van der Waals surface area contributed by atoms with Gasteiger partial charge in [-0.05, 0) is 54.4 Å². The van der Waals surface area contributed by atoms with E-state index in [-0.39, 0.29) is 12.5 Å². The van der Waals surface area contributed by atoms with Crippen LogP contribution < -0.4 is 15.4 Å². The van der Waals surface area contributed by atoms with Crippen molar-refractivity contribution in [2.24, 2.45) is 0 Å². The number of rotatable bonds is 6. The lowest BCUT2D eigenvalue weighted by Crippen LogP contribution is -2.23. The van der Waals surface area contributed by atoms with Gasteiger partial charge in [0.05, 0.1) is 0 Å². The molecule has 7 nitrogen and oxygen atoms in total. The van der Waals surface area contributed by atoms with Crippen molar-refractivity contribution in [2.45, 2.75) is 12.8 Å². The van der Waals surface area contributed by atoms with Crippen molar-refractivity contribution in [1.82, 2.24) is 0 Å². The molecule has 0 saturated carbocycles. The molecule has 2 N–H and O–H groups in total. The summed E-state index contributed by atoms with van der Waals surface area (Å²) in [5.41, 5.74) is 2.25. The van der Waals surface area contributed by atoms with E-state index in [1.807, 2.05) is 0 Å². The molecule has 3 rings (SSSR count). The van der Waals surface area contributed by atoms with E-state index < -0.39 is 18.5 Å². The van der Waals surface area contributed by atoms with Crippen LogP contribution in [0.5, 0.6) is 5.75 Å². The summed E-state index contributed by atoms with van der Waals surface area (Å²) < 4.78 is 10.3. The van der Waals surface area contributed by atoms with Crippen LogP contribution in [0, 0.1) is 0 Å². The molecule has 1 heterocycles. The van der Waals surface area contributed by atoms with E-state index in [2.05, 4.69) is 10.6 Å². The van der Waals surface area contributed by atoms with Crippen LogP contribution in [0.2, 0.25) is 5.02 Å². The average Bonchev–Trinajstić information content (AvgIpc) is 2.66. The Balaban J connectivity index is 1.42. The van der Waals surface area contributed by atoms with Crippen LogP contribution in [0.15, 0.2) is 42.5 Å². The fourth-order valence-electron chi connectivity index (χ4n) is 2.51. The smallest absolute Gasteiger partial charge is 0.344 e. The number of benzene rings is 2. The number of anilines is 2. The van der Waals surface area contributed by atoms with Gasteiger partial charge in [-0.2, -0.15) is 0 Å². The standard InChI is InChI=1S/C19H17ClN2O5/c20-13-2-4-14(5-3-13)21-18(24)10-27-19(25)11-26-15-6-7-16-12(9-15)1-8-17(23)22-16/h2-7,9H,1,8,10-11H2,(H,21,24)(H,22,23). The summed E-state index contributed by atoms with van der Waals surface area (Å²) in [5.74, 6) is -0.647. The number of fused-ring (bicyclic) bond motifs is 1. The van der Waals surface area contributed by atoms with Gasteiger partial charge in [0.1, 0.15) is 5.75 Å². The molecule has 1 aliphatic rings. The first-order chi connectivity index (χ1) is 13.0. The second-order valence-electron chi connectivity index (χ2n) is 5.87. The van der Waals surface area contributed by atoms with Crippen LogP contribution in [0.25, 0.3) is 0 Å². The Labute approximate surface area is 160 Å². The minimum Gasteiger partial charge on any atom is -0.482 e. The molecule has 27 heavy (non-hydrogen) atoms. The third kappa shape index (κ3) is 5.46. The monoisotopic (exact) mass is 388 g/mol. The highest BCUT2D eigenvalue weighted by atomic mass is 35.5. The van der Waals surface area contributed by atoms with Gasteiger partial charge in [0.15, 0.2) is 13.2 Å². The molecule has 2 aromatic carbocycles. The predicted molar refractivity (Wildman–Crippen MR) is 99.9 cm³/mol. The first-order valence-corrected chi connectivity index (χ1v) is 8.64. The molecule has 1 aliphatic heterocycles. The molecular weight excluding hydrogens is 372 g/mol. The van der Waals surface area contributed by atoms with Gasteiger partial charge in [-0.25, -0.2) is 4.79 Å². The number of ether oxygens (including phenoxy) is 2. The maximum atomic E-state index is 11.8. The van der Waals surface area contributed by atoms with E-state index in [9.17, 15) is 14.4 Å². The van der Waals surface area contributed by atoms with Crippen molar-refractivity contribution in [3.05, 3.63) is 53.1 Å². The predicted octanol–water partition coefficient (Wildman–Crippen LogP) is 2.79. The SMILES string of the molecule is O=C(COC(=O)COc1ccc2c(c1)CCC(=O)N2)Nc1ccc(Cl)cc1. The number of hydrogen-bond acceptors (Lipinski definition) is 5. The maximum Gasteiger partial charge on any atom is 0.344 e. The van der Waals surface area contributed by atoms with Gasteiger partial charge < -0.3 is 20.1 Å². The van der Waals surface area contributed by atoms with Crippen molar-refractivity contribution in [1.29, 1.82) is 0 Å². The van der Waals surface area contributed by atoms with Crippen molar-refractivity contribution < 1.29 is 23.9 Å². The molecule has 0 fully saturated rings. The van der Waals surface area contributed by atoms with Crippen molar-refractivity contribution in [3.8, 4) is 5.75 Å². The van der Waals surface area contributed by atoms with Crippen LogP contribution in [0.4, 0.5) is 11.4 Å². The molecule has 0 bridgehead atoms. The molecule has 0 unspecified atom stereocenters. The number of esters is 1. The lowest BCUT2D eigenvalue weighted by molar-refractivity contribution is -0.149. The number of amides is 2. The Morgan fingerprint density at radius 3 is 2.63 bits per heavy atom. The molecule has 8 heteroatoms. The Morgan fingerprint density at radius 2 is 1.85 bits per heavy atom. The Kier molecular flexibility index (Phi) is 5.93. The highest BCUT2D eigenvalue weighted by Crippen LogP contribution is 2.26. The molecule has 0 atom stereocenters. The van der Waals surface area contributed by atoms with E-state index in [0.717, 1.165) is 11.3 Å². The second kappa shape index (κ2) is 8.55. The molecular formula is C19H17ClN2O5. The van der Waals surface area contributed by atoms with E-state index in [1.165, 1.54) is 0 Å². The van der Waals surface area contributed by atoms with Crippen LogP contribution in [0.1, 0.15) is 12.0 Å². The van der Waals surface area contributed by atoms with Crippen molar-refractivity contribution >= 4 is 40.8 Å². The van der Waals surface area contributed by atoms with Crippen LogP contribution in [0.3, 0.4) is 0 Å². The van der Waals surface area contributed by atoms with Gasteiger partial charge in [0, 0.05) is 22.8 Å². The number of nitrogens with one attached hydrogen (secondary N) is 2. The van der Waals surface area contributed by atoms with E-state index in [1.54, 1.807) is 42.5 Å². The first kappa shape index (κ1) is 18.7. The minimum atomic E-state index is -0.660. The molecule has 0 saturated heterocycles. The highest BCUT2D eigenvalue weighted by Gasteiger charge is 2.15. The largest absolute Gasteiger partial charge is 0.482 e. The zero-order chi connectivity index (χ0) is 19.2. The average molecular weight is 389 g/mol. The molecule has 0 aromatic heterocycles. The summed E-state index contributed by atoms with van der Waals surface area (Å²) in [5, 5.41) is 5.91. The number of carbonyl (C=O) groups excluding carboxylic acids is 3. The number of hydrogen-bond donors (Lipinski definition) is 2. The summed E-state index contributed by atoms with van der Waals surface area (Å²) in [6, 6.07) is 11.7. The molecule has 0 aliphatic carbocycles. The Bertz CT molecular complexity index is 867. The fourth-order valence-corrected chi connectivity index (χ4v) is 2.64. The van der Waals surface area contributed by atoms with E-state index >= 15 is 0 Å².